The van der Waals surface area contributed by atoms with Crippen molar-refractivity contribution in [3.63, 3.8) is 0 Å². The van der Waals surface area contributed by atoms with E-state index in [1.165, 1.54) is 25.2 Å². The SMILES string of the molecule is COc1ccc(C2C(C(=O)/C=C/c3ccccc3)=C(O)C(=O)N2CCO)c(OC)c1. The lowest BCUT2D eigenvalue weighted by Gasteiger charge is -2.27. The van der Waals surface area contributed by atoms with Gasteiger partial charge in [0.2, 0.25) is 0 Å². The van der Waals surface area contributed by atoms with Gasteiger partial charge < -0.3 is 24.6 Å². The first-order chi connectivity index (χ1) is 14.5. The number of amides is 1. The summed E-state index contributed by atoms with van der Waals surface area (Å²) in [4.78, 5) is 26.9. The molecule has 0 bridgehead atoms. The molecule has 156 valence electrons. The highest BCUT2D eigenvalue weighted by Crippen LogP contribution is 2.42. The van der Waals surface area contributed by atoms with Gasteiger partial charge >= 0.3 is 0 Å². The molecule has 0 aromatic heterocycles. The van der Waals surface area contributed by atoms with Crippen LogP contribution >= 0.6 is 0 Å². The zero-order valence-corrected chi connectivity index (χ0v) is 16.7. The number of allylic oxidation sites excluding steroid dienone is 1. The number of benzene rings is 2. The second-order valence-corrected chi connectivity index (χ2v) is 6.60. The van der Waals surface area contributed by atoms with E-state index in [4.69, 9.17) is 9.47 Å². The molecule has 2 aromatic carbocycles. The molecule has 1 unspecified atom stereocenters. The summed E-state index contributed by atoms with van der Waals surface area (Å²) in [7, 11) is 2.98. The zero-order chi connectivity index (χ0) is 21.7. The quantitative estimate of drug-likeness (QED) is 0.651. The molecule has 0 saturated heterocycles. The molecule has 7 heteroatoms. The third-order valence-corrected chi connectivity index (χ3v) is 4.87. The Morgan fingerprint density at radius 3 is 2.50 bits per heavy atom. The lowest BCUT2D eigenvalue weighted by atomic mass is 9.94. The molecule has 1 amide bonds. The molecule has 0 aliphatic carbocycles. The largest absolute Gasteiger partial charge is 0.503 e. The standard InChI is InChI=1S/C23H23NO6/c1-29-16-9-10-17(19(14-16)30-2)21-20(22(27)23(28)24(21)12-13-25)18(26)11-8-15-6-4-3-5-7-15/h3-11,14,21,25,27H,12-13H2,1-2H3/b11-8+. The van der Waals surface area contributed by atoms with Gasteiger partial charge in [0.05, 0.1) is 32.4 Å². The van der Waals surface area contributed by atoms with Gasteiger partial charge in [0.1, 0.15) is 11.5 Å². The summed E-state index contributed by atoms with van der Waals surface area (Å²) >= 11 is 0. The van der Waals surface area contributed by atoms with Crippen LogP contribution in [-0.4, -0.2) is 54.2 Å². The van der Waals surface area contributed by atoms with E-state index in [1.807, 2.05) is 30.3 Å². The third kappa shape index (κ3) is 4.06. The fraction of sp³-hybridized carbons (Fsp3) is 0.217. The number of nitrogens with zero attached hydrogens (tertiary/aromatic N) is 1. The average molecular weight is 409 g/mol. The number of carbonyl (C=O) groups excluding carboxylic acids is 2. The zero-order valence-electron chi connectivity index (χ0n) is 16.7. The number of ketones is 1. The van der Waals surface area contributed by atoms with Crippen molar-refractivity contribution in [2.75, 3.05) is 27.4 Å². The van der Waals surface area contributed by atoms with E-state index in [0.717, 1.165) is 5.56 Å². The van der Waals surface area contributed by atoms with Crippen LogP contribution in [0.3, 0.4) is 0 Å². The number of hydrogen-bond donors (Lipinski definition) is 2. The fourth-order valence-electron chi connectivity index (χ4n) is 3.44. The topological polar surface area (TPSA) is 96.3 Å². The van der Waals surface area contributed by atoms with Crippen molar-refractivity contribution in [1.82, 2.24) is 4.90 Å². The predicted molar refractivity (Wildman–Crippen MR) is 111 cm³/mol. The second kappa shape index (κ2) is 9.28. The highest BCUT2D eigenvalue weighted by molar-refractivity contribution is 6.14. The molecule has 7 nitrogen and oxygen atoms in total. The maximum atomic E-state index is 13.0. The number of aliphatic hydroxyl groups excluding tert-OH is 2. The molecule has 1 aliphatic heterocycles. The van der Waals surface area contributed by atoms with Gasteiger partial charge in [-0.05, 0) is 23.8 Å². The van der Waals surface area contributed by atoms with Gasteiger partial charge in [-0.3, -0.25) is 9.59 Å². The Bertz CT molecular complexity index is 996. The Labute approximate surface area is 174 Å². The lowest BCUT2D eigenvalue weighted by molar-refractivity contribution is -0.129. The first kappa shape index (κ1) is 21.1. The Morgan fingerprint density at radius 1 is 1.13 bits per heavy atom. The molecular formula is C23H23NO6. The van der Waals surface area contributed by atoms with Crippen molar-refractivity contribution in [2.45, 2.75) is 6.04 Å². The minimum Gasteiger partial charge on any atom is -0.503 e. The summed E-state index contributed by atoms with van der Waals surface area (Å²) in [6, 6.07) is 13.3. The van der Waals surface area contributed by atoms with Crippen molar-refractivity contribution in [3.05, 3.63) is 77.1 Å². The van der Waals surface area contributed by atoms with Crippen molar-refractivity contribution in [1.29, 1.82) is 0 Å². The molecule has 0 saturated carbocycles. The second-order valence-electron chi connectivity index (χ2n) is 6.60. The first-order valence-corrected chi connectivity index (χ1v) is 9.36. The summed E-state index contributed by atoms with van der Waals surface area (Å²) in [6.07, 6.45) is 2.93. The van der Waals surface area contributed by atoms with Crippen LogP contribution in [0.1, 0.15) is 17.2 Å². The van der Waals surface area contributed by atoms with Crippen molar-refractivity contribution in [3.8, 4) is 11.5 Å². The lowest BCUT2D eigenvalue weighted by Crippen LogP contribution is -2.33. The molecule has 1 aliphatic rings. The number of β-amino-alcohol motifs (C(OH)–C–C–N with tert-alkyl or cyclic N) is 1. The number of aliphatic hydroxyl groups is 2. The maximum Gasteiger partial charge on any atom is 0.290 e. The van der Waals surface area contributed by atoms with E-state index < -0.39 is 23.5 Å². The minimum atomic E-state index is -0.904. The summed E-state index contributed by atoms with van der Waals surface area (Å²) in [5, 5.41) is 19.9. The molecule has 1 atom stereocenters. The predicted octanol–water partition coefficient (Wildman–Crippen LogP) is 2.67. The van der Waals surface area contributed by atoms with Gasteiger partial charge in [0.25, 0.3) is 5.91 Å². The number of methoxy groups -OCH3 is 2. The average Bonchev–Trinajstić information content (AvgIpc) is 3.02. The van der Waals surface area contributed by atoms with Gasteiger partial charge in [0, 0.05) is 18.2 Å². The third-order valence-electron chi connectivity index (χ3n) is 4.87. The van der Waals surface area contributed by atoms with Crippen LogP contribution < -0.4 is 9.47 Å². The number of ether oxygens (including phenoxy) is 2. The Morgan fingerprint density at radius 2 is 1.87 bits per heavy atom. The van der Waals surface area contributed by atoms with Gasteiger partial charge in [-0.1, -0.05) is 36.4 Å². The van der Waals surface area contributed by atoms with E-state index in [2.05, 4.69) is 0 Å². The molecule has 1 heterocycles. The molecule has 30 heavy (non-hydrogen) atoms. The van der Waals surface area contributed by atoms with Crippen LogP contribution in [0.5, 0.6) is 11.5 Å². The van der Waals surface area contributed by atoms with E-state index in [0.29, 0.717) is 17.1 Å². The van der Waals surface area contributed by atoms with Crippen LogP contribution in [0.4, 0.5) is 0 Å². The van der Waals surface area contributed by atoms with Gasteiger partial charge in [0.15, 0.2) is 11.5 Å². The first-order valence-electron chi connectivity index (χ1n) is 9.36. The molecule has 0 spiro atoms. The highest BCUT2D eigenvalue weighted by atomic mass is 16.5. The van der Waals surface area contributed by atoms with Crippen LogP contribution in [0.2, 0.25) is 0 Å². The van der Waals surface area contributed by atoms with E-state index in [1.54, 1.807) is 24.3 Å². The monoisotopic (exact) mass is 409 g/mol. The molecule has 0 radical (unpaired) electrons. The normalized spacial score (nSPS) is 16.4. The van der Waals surface area contributed by atoms with Crippen LogP contribution in [0, 0.1) is 0 Å². The molecule has 0 fully saturated rings. The molecule has 2 aromatic rings. The van der Waals surface area contributed by atoms with E-state index >= 15 is 0 Å². The Kier molecular flexibility index (Phi) is 6.54. The van der Waals surface area contributed by atoms with Gasteiger partial charge in [-0.2, -0.15) is 0 Å². The van der Waals surface area contributed by atoms with Crippen molar-refractivity contribution >= 4 is 17.8 Å². The van der Waals surface area contributed by atoms with Crippen LogP contribution in [0.25, 0.3) is 6.08 Å². The van der Waals surface area contributed by atoms with E-state index in [9.17, 15) is 19.8 Å². The summed E-state index contributed by atoms with van der Waals surface area (Å²) in [6.45, 7) is -0.378. The smallest absolute Gasteiger partial charge is 0.290 e. The van der Waals surface area contributed by atoms with Crippen LogP contribution in [0.15, 0.2) is 65.9 Å². The fourth-order valence-corrected chi connectivity index (χ4v) is 3.44. The van der Waals surface area contributed by atoms with Gasteiger partial charge in [-0.25, -0.2) is 0 Å². The van der Waals surface area contributed by atoms with E-state index in [-0.39, 0.29) is 18.7 Å². The summed E-state index contributed by atoms with van der Waals surface area (Å²) in [5.41, 5.74) is 1.24. The minimum absolute atomic E-state index is 0.0536. The maximum absolute atomic E-state index is 13.0. The summed E-state index contributed by atoms with van der Waals surface area (Å²) in [5.74, 6) is -0.925. The van der Waals surface area contributed by atoms with Gasteiger partial charge in [-0.15, -0.1) is 0 Å². The molecule has 2 N–H and O–H groups in total. The Balaban J connectivity index is 2.06. The van der Waals surface area contributed by atoms with Crippen LogP contribution in [-0.2, 0) is 9.59 Å². The highest BCUT2D eigenvalue weighted by Gasteiger charge is 2.43. The number of hydrogen-bond acceptors (Lipinski definition) is 6. The molecular weight excluding hydrogens is 386 g/mol. The summed E-state index contributed by atoms with van der Waals surface area (Å²) < 4.78 is 10.7. The molecule has 3 rings (SSSR count). The number of rotatable bonds is 8. The van der Waals surface area contributed by atoms with Crippen molar-refractivity contribution in [2.24, 2.45) is 0 Å². The Hall–Kier alpha value is -3.58. The number of carbonyl (C=O) groups is 2. The van der Waals surface area contributed by atoms with Crippen molar-refractivity contribution < 1.29 is 29.3 Å².